The van der Waals surface area contributed by atoms with E-state index in [4.69, 9.17) is 9.15 Å². The number of ether oxygens (including phenoxy) is 1. The predicted molar refractivity (Wildman–Crippen MR) is 130 cm³/mol. The minimum absolute atomic E-state index is 0.0241. The van der Waals surface area contributed by atoms with Gasteiger partial charge in [0.1, 0.15) is 11.3 Å². The molecule has 0 aliphatic rings. The van der Waals surface area contributed by atoms with Gasteiger partial charge in [0.25, 0.3) is 5.91 Å². The summed E-state index contributed by atoms with van der Waals surface area (Å²) in [4.78, 5) is 23.8. The van der Waals surface area contributed by atoms with E-state index in [1.54, 1.807) is 25.6 Å². The second-order valence-electron chi connectivity index (χ2n) is 7.69. The second kappa shape index (κ2) is 10.5. The maximum Gasteiger partial charge on any atom is 0.287 e. The van der Waals surface area contributed by atoms with Crippen molar-refractivity contribution >= 4 is 28.6 Å². The first-order chi connectivity index (χ1) is 16.1. The van der Waals surface area contributed by atoms with Crippen LogP contribution in [0.25, 0.3) is 11.0 Å². The zero-order valence-electron chi connectivity index (χ0n) is 18.8. The van der Waals surface area contributed by atoms with E-state index in [1.807, 2.05) is 62.6 Å². The Morgan fingerprint density at radius 3 is 2.67 bits per heavy atom. The average molecular weight is 463 g/mol. The molecule has 1 amide bonds. The smallest absolute Gasteiger partial charge is 0.287 e. The molecule has 4 aromatic rings. The number of carbonyl (C=O) groups is 1. The van der Waals surface area contributed by atoms with E-state index in [-0.39, 0.29) is 11.9 Å². The predicted octanol–water partition coefficient (Wildman–Crippen LogP) is 4.56. The number of likely N-dealkylation sites (N-methyl/N-ethyl adjacent to an activating group) is 1. The Balaban J connectivity index is 1.55. The molecule has 2 aromatic carbocycles. The minimum atomic E-state index is -0.245. The normalized spacial score (nSPS) is 12.1. The van der Waals surface area contributed by atoms with Crippen LogP contribution < -0.4 is 10.1 Å². The third-order valence-corrected chi connectivity index (χ3v) is 6.25. The van der Waals surface area contributed by atoms with Crippen molar-refractivity contribution in [3.05, 3.63) is 83.9 Å². The molecule has 8 heteroatoms. The molecular formula is C25H26N4O3S. The monoisotopic (exact) mass is 462 g/mol. The summed E-state index contributed by atoms with van der Waals surface area (Å²) in [5, 5.41) is 4.63. The van der Waals surface area contributed by atoms with Gasteiger partial charge in [0, 0.05) is 35.6 Å². The lowest BCUT2D eigenvalue weighted by atomic mass is 10.1. The number of carbonyl (C=O) groups excluding carboxylic acids is 1. The molecule has 2 heterocycles. The number of hydrogen-bond acceptors (Lipinski definition) is 7. The average Bonchev–Trinajstić information content (AvgIpc) is 3.22. The van der Waals surface area contributed by atoms with Crippen LogP contribution in [-0.4, -0.2) is 48.5 Å². The van der Waals surface area contributed by atoms with Gasteiger partial charge in [-0.1, -0.05) is 42.1 Å². The molecule has 0 saturated heterocycles. The Hall–Kier alpha value is -3.36. The number of rotatable bonds is 9. The number of furan rings is 1. The molecule has 33 heavy (non-hydrogen) atoms. The molecule has 1 N–H and O–H groups in total. The Morgan fingerprint density at radius 2 is 1.91 bits per heavy atom. The van der Waals surface area contributed by atoms with Crippen molar-refractivity contribution in [1.82, 2.24) is 20.2 Å². The van der Waals surface area contributed by atoms with Crippen molar-refractivity contribution < 1.29 is 13.9 Å². The quantitative estimate of drug-likeness (QED) is 0.289. The molecule has 170 valence electrons. The van der Waals surface area contributed by atoms with Crippen LogP contribution in [0, 0.1) is 0 Å². The zero-order valence-corrected chi connectivity index (χ0v) is 19.6. The summed E-state index contributed by atoms with van der Waals surface area (Å²) in [7, 11) is 5.62. The number of thioether (sulfide) groups is 1. The van der Waals surface area contributed by atoms with Crippen molar-refractivity contribution in [3.8, 4) is 5.75 Å². The number of nitrogens with one attached hydrogen (secondary N) is 1. The zero-order chi connectivity index (χ0) is 23.2. The standard InChI is InChI=1S/C25H26N4O3S/c1-29(2)21(17-8-6-9-18(14-17)31-3)15-28-24(30)23-20(16-33-25-26-12-7-13-27-25)19-10-4-5-11-22(19)32-23/h4-14,21H,15-16H2,1-3H3,(H,28,30). The van der Waals surface area contributed by atoms with Crippen molar-refractivity contribution in [2.45, 2.75) is 17.0 Å². The summed E-state index contributed by atoms with van der Waals surface area (Å²) in [5.74, 6) is 1.38. The van der Waals surface area contributed by atoms with Gasteiger partial charge in [0.2, 0.25) is 0 Å². The molecule has 0 radical (unpaired) electrons. The lowest BCUT2D eigenvalue weighted by Crippen LogP contribution is -2.34. The Labute approximate surface area is 197 Å². The molecule has 0 spiro atoms. The van der Waals surface area contributed by atoms with Crippen LogP contribution >= 0.6 is 11.8 Å². The Morgan fingerprint density at radius 1 is 1.12 bits per heavy atom. The summed E-state index contributed by atoms with van der Waals surface area (Å²) in [6.07, 6.45) is 3.41. The Kier molecular flexibility index (Phi) is 7.26. The largest absolute Gasteiger partial charge is 0.497 e. The van der Waals surface area contributed by atoms with Crippen LogP contribution in [0.3, 0.4) is 0 Å². The maximum absolute atomic E-state index is 13.2. The van der Waals surface area contributed by atoms with Gasteiger partial charge >= 0.3 is 0 Å². The van der Waals surface area contributed by atoms with Crippen LogP contribution in [0.15, 0.2) is 76.6 Å². The number of methoxy groups -OCH3 is 1. The van der Waals surface area contributed by atoms with Crippen LogP contribution in [0.4, 0.5) is 0 Å². The van der Waals surface area contributed by atoms with Crippen LogP contribution in [-0.2, 0) is 5.75 Å². The van der Waals surface area contributed by atoms with Crippen molar-refractivity contribution in [1.29, 1.82) is 0 Å². The molecule has 0 aliphatic heterocycles. The fraction of sp³-hybridized carbons (Fsp3) is 0.240. The molecule has 0 saturated carbocycles. The first kappa shape index (κ1) is 22.8. The number of para-hydroxylation sites is 1. The van der Waals surface area contributed by atoms with Gasteiger partial charge in [0.15, 0.2) is 10.9 Å². The van der Waals surface area contributed by atoms with Gasteiger partial charge < -0.3 is 19.4 Å². The van der Waals surface area contributed by atoms with E-state index in [2.05, 4.69) is 20.2 Å². The van der Waals surface area contributed by atoms with Gasteiger partial charge in [-0.25, -0.2) is 9.97 Å². The maximum atomic E-state index is 13.2. The molecule has 0 fully saturated rings. The molecular weight excluding hydrogens is 436 g/mol. The molecule has 7 nitrogen and oxygen atoms in total. The molecule has 0 bridgehead atoms. The molecule has 1 atom stereocenters. The molecule has 4 rings (SSSR count). The fourth-order valence-corrected chi connectivity index (χ4v) is 4.47. The second-order valence-corrected chi connectivity index (χ2v) is 8.63. The van der Waals surface area contributed by atoms with E-state index in [9.17, 15) is 4.79 Å². The van der Waals surface area contributed by atoms with Gasteiger partial charge in [-0.3, -0.25) is 4.79 Å². The van der Waals surface area contributed by atoms with Gasteiger partial charge in [-0.2, -0.15) is 0 Å². The number of benzene rings is 2. The summed E-state index contributed by atoms with van der Waals surface area (Å²) in [5.41, 5.74) is 2.58. The third-order valence-electron chi connectivity index (χ3n) is 5.35. The fourth-order valence-electron chi connectivity index (χ4n) is 3.64. The van der Waals surface area contributed by atoms with E-state index in [0.717, 1.165) is 22.3 Å². The van der Waals surface area contributed by atoms with Gasteiger partial charge in [0.05, 0.1) is 13.2 Å². The van der Waals surface area contributed by atoms with Crippen LogP contribution in [0.5, 0.6) is 5.75 Å². The van der Waals surface area contributed by atoms with Crippen LogP contribution in [0.2, 0.25) is 0 Å². The van der Waals surface area contributed by atoms with Crippen molar-refractivity contribution in [3.63, 3.8) is 0 Å². The van der Waals surface area contributed by atoms with E-state index >= 15 is 0 Å². The van der Waals surface area contributed by atoms with Gasteiger partial charge in [-0.05, 0) is 43.9 Å². The number of nitrogens with zero attached hydrogens (tertiary/aromatic N) is 3. The lowest BCUT2D eigenvalue weighted by Gasteiger charge is -2.25. The van der Waals surface area contributed by atoms with E-state index < -0.39 is 0 Å². The topological polar surface area (TPSA) is 80.5 Å². The number of fused-ring (bicyclic) bond motifs is 1. The van der Waals surface area contributed by atoms with Crippen molar-refractivity contribution in [2.75, 3.05) is 27.7 Å². The number of aromatic nitrogens is 2. The summed E-state index contributed by atoms with van der Waals surface area (Å²) in [6, 6.07) is 17.3. The van der Waals surface area contributed by atoms with Crippen LogP contribution in [0.1, 0.15) is 27.7 Å². The summed E-state index contributed by atoms with van der Waals surface area (Å²) < 4.78 is 11.3. The molecule has 1 unspecified atom stereocenters. The number of amides is 1. The highest BCUT2D eigenvalue weighted by atomic mass is 32.2. The Bertz CT molecular complexity index is 1230. The van der Waals surface area contributed by atoms with E-state index in [0.29, 0.717) is 28.8 Å². The first-order valence-corrected chi connectivity index (χ1v) is 11.5. The highest BCUT2D eigenvalue weighted by molar-refractivity contribution is 7.98. The van der Waals surface area contributed by atoms with E-state index in [1.165, 1.54) is 11.8 Å². The lowest BCUT2D eigenvalue weighted by molar-refractivity contribution is 0.0915. The highest BCUT2D eigenvalue weighted by Gasteiger charge is 2.23. The molecule has 2 aromatic heterocycles. The van der Waals surface area contributed by atoms with Gasteiger partial charge in [-0.15, -0.1) is 0 Å². The minimum Gasteiger partial charge on any atom is -0.497 e. The SMILES string of the molecule is COc1cccc(C(CNC(=O)c2oc3ccccc3c2CSc2ncccn2)N(C)C)c1. The summed E-state index contributed by atoms with van der Waals surface area (Å²) >= 11 is 1.47. The highest BCUT2D eigenvalue weighted by Crippen LogP contribution is 2.31. The molecule has 0 aliphatic carbocycles. The number of hydrogen-bond donors (Lipinski definition) is 1. The third kappa shape index (κ3) is 5.35. The first-order valence-electron chi connectivity index (χ1n) is 10.6. The summed E-state index contributed by atoms with van der Waals surface area (Å²) in [6.45, 7) is 0.421. The van der Waals surface area contributed by atoms with Crippen molar-refractivity contribution in [2.24, 2.45) is 0 Å².